The van der Waals surface area contributed by atoms with Crippen LogP contribution in [-0.2, 0) is 0 Å². The fourth-order valence-corrected chi connectivity index (χ4v) is 3.92. The van der Waals surface area contributed by atoms with Crippen LogP contribution in [0.4, 0.5) is 0 Å². The highest BCUT2D eigenvalue weighted by Gasteiger charge is 2.22. The highest BCUT2D eigenvalue weighted by molar-refractivity contribution is 14.1. The molecule has 0 saturated heterocycles. The van der Waals surface area contributed by atoms with Crippen LogP contribution in [0.25, 0.3) is 0 Å². The van der Waals surface area contributed by atoms with Gasteiger partial charge in [-0.05, 0) is 85.7 Å². The minimum atomic E-state index is -0.193. The van der Waals surface area contributed by atoms with Crippen molar-refractivity contribution in [2.24, 2.45) is 0 Å². The first-order valence-electron chi connectivity index (χ1n) is 9.76. The number of phenols is 1. The number of aromatic nitrogens is 2. The lowest BCUT2D eigenvalue weighted by Gasteiger charge is -2.22. The third-order valence-corrected chi connectivity index (χ3v) is 6.75. The Bertz CT molecular complexity index is 1010. The summed E-state index contributed by atoms with van der Waals surface area (Å²) in [6.07, 6.45) is 0. The van der Waals surface area contributed by atoms with Gasteiger partial charge in [0, 0.05) is 18.7 Å². The fourth-order valence-electron chi connectivity index (χ4n) is 3.57. The molecular weight excluding hydrogens is 477 g/mol. The molecule has 0 bridgehead atoms. The summed E-state index contributed by atoms with van der Waals surface area (Å²) < 4.78 is 3.12. The molecule has 29 heavy (non-hydrogen) atoms. The van der Waals surface area contributed by atoms with Gasteiger partial charge in [-0.25, -0.2) is 0 Å². The summed E-state index contributed by atoms with van der Waals surface area (Å²) in [7, 11) is 0. The van der Waals surface area contributed by atoms with Crippen molar-refractivity contribution in [3.8, 4) is 5.75 Å². The molecule has 3 rings (SSSR count). The van der Waals surface area contributed by atoms with Crippen molar-refractivity contribution in [1.29, 1.82) is 0 Å². The Morgan fingerprint density at radius 1 is 1.10 bits per heavy atom. The van der Waals surface area contributed by atoms with Gasteiger partial charge in [0.1, 0.15) is 11.8 Å². The van der Waals surface area contributed by atoms with E-state index < -0.39 is 0 Å². The number of phenolic OH excluding ortho intramolecular Hbond substituents is 1. The molecular formula is C23H26IN3O2. The van der Waals surface area contributed by atoms with E-state index in [-0.39, 0.29) is 17.7 Å². The number of benzene rings is 2. The SMILES string of the molecule is CCN(CC)C(=O)c1ccc(C(c2cccc(O)c2)n2nc(C)c(I)c2C)cc1. The van der Waals surface area contributed by atoms with Gasteiger partial charge < -0.3 is 10.0 Å². The van der Waals surface area contributed by atoms with Crippen LogP contribution < -0.4 is 0 Å². The fraction of sp³-hybridized carbons (Fsp3) is 0.304. The first kappa shape index (κ1) is 21.4. The topological polar surface area (TPSA) is 58.4 Å². The number of hydrogen-bond acceptors (Lipinski definition) is 3. The largest absolute Gasteiger partial charge is 0.508 e. The quantitative estimate of drug-likeness (QED) is 0.486. The number of hydrogen-bond donors (Lipinski definition) is 1. The number of aryl methyl sites for hydroxylation is 1. The molecule has 1 aromatic heterocycles. The summed E-state index contributed by atoms with van der Waals surface area (Å²) in [5, 5.41) is 14.8. The molecule has 0 fully saturated rings. The van der Waals surface area contributed by atoms with Crippen LogP contribution in [0.15, 0.2) is 48.5 Å². The number of carbonyl (C=O) groups excluding carboxylic acids is 1. The van der Waals surface area contributed by atoms with Crippen molar-refractivity contribution in [3.05, 3.63) is 80.2 Å². The second-order valence-electron chi connectivity index (χ2n) is 7.03. The van der Waals surface area contributed by atoms with Gasteiger partial charge in [-0.3, -0.25) is 9.48 Å². The summed E-state index contributed by atoms with van der Waals surface area (Å²) in [4.78, 5) is 14.5. The van der Waals surface area contributed by atoms with Crippen LogP contribution >= 0.6 is 22.6 Å². The summed E-state index contributed by atoms with van der Waals surface area (Å²) in [6, 6.07) is 14.8. The normalized spacial score (nSPS) is 12.0. The molecule has 5 nitrogen and oxygen atoms in total. The molecule has 0 spiro atoms. The maximum Gasteiger partial charge on any atom is 0.253 e. The molecule has 0 aliphatic rings. The van der Waals surface area contributed by atoms with Gasteiger partial charge >= 0.3 is 0 Å². The lowest BCUT2D eigenvalue weighted by atomic mass is 9.97. The van der Waals surface area contributed by atoms with E-state index in [1.165, 1.54) is 0 Å². The van der Waals surface area contributed by atoms with Crippen LogP contribution in [0.1, 0.15) is 52.8 Å². The number of aromatic hydroxyl groups is 1. The molecule has 1 unspecified atom stereocenters. The number of amides is 1. The molecule has 152 valence electrons. The second-order valence-corrected chi connectivity index (χ2v) is 8.11. The second kappa shape index (κ2) is 8.98. The zero-order chi connectivity index (χ0) is 21.1. The van der Waals surface area contributed by atoms with Crippen LogP contribution in [0.2, 0.25) is 0 Å². The molecule has 1 atom stereocenters. The maximum absolute atomic E-state index is 12.6. The van der Waals surface area contributed by atoms with Crippen molar-refractivity contribution >= 4 is 28.5 Å². The highest BCUT2D eigenvalue weighted by atomic mass is 127. The van der Waals surface area contributed by atoms with E-state index in [4.69, 9.17) is 5.10 Å². The van der Waals surface area contributed by atoms with E-state index in [1.54, 1.807) is 12.1 Å². The Morgan fingerprint density at radius 2 is 1.76 bits per heavy atom. The van der Waals surface area contributed by atoms with Gasteiger partial charge in [0.2, 0.25) is 0 Å². The van der Waals surface area contributed by atoms with Crippen molar-refractivity contribution < 1.29 is 9.90 Å². The predicted molar refractivity (Wildman–Crippen MR) is 123 cm³/mol. The molecule has 1 N–H and O–H groups in total. The average molecular weight is 503 g/mol. The van der Waals surface area contributed by atoms with Gasteiger partial charge in [-0.1, -0.05) is 24.3 Å². The number of rotatable bonds is 6. The Labute approximate surface area is 185 Å². The highest BCUT2D eigenvalue weighted by Crippen LogP contribution is 2.31. The summed E-state index contributed by atoms with van der Waals surface area (Å²) >= 11 is 2.32. The van der Waals surface area contributed by atoms with Crippen LogP contribution in [0, 0.1) is 17.4 Å². The monoisotopic (exact) mass is 503 g/mol. The van der Waals surface area contributed by atoms with Crippen molar-refractivity contribution in [2.45, 2.75) is 33.7 Å². The summed E-state index contributed by atoms with van der Waals surface area (Å²) in [5.41, 5.74) is 4.67. The minimum Gasteiger partial charge on any atom is -0.508 e. The van der Waals surface area contributed by atoms with Gasteiger partial charge in [0.25, 0.3) is 5.91 Å². The Kier molecular flexibility index (Phi) is 6.62. The molecule has 0 radical (unpaired) electrons. The van der Waals surface area contributed by atoms with Crippen molar-refractivity contribution in [3.63, 3.8) is 0 Å². The molecule has 0 saturated carbocycles. The molecule has 0 aliphatic heterocycles. The summed E-state index contributed by atoms with van der Waals surface area (Å²) in [6.45, 7) is 9.39. The number of nitrogens with zero attached hydrogens (tertiary/aromatic N) is 3. The van der Waals surface area contributed by atoms with Crippen LogP contribution in [0.5, 0.6) is 5.75 Å². The third kappa shape index (κ3) is 4.32. The molecule has 1 amide bonds. The molecule has 3 aromatic rings. The summed E-state index contributed by atoms with van der Waals surface area (Å²) in [5.74, 6) is 0.258. The van der Waals surface area contributed by atoms with Crippen LogP contribution in [0.3, 0.4) is 0 Å². The van der Waals surface area contributed by atoms with Gasteiger partial charge in [-0.2, -0.15) is 5.10 Å². The van der Waals surface area contributed by atoms with Gasteiger partial charge in [0.05, 0.1) is 15.0 Å². The Morgan fingerprint density at radius 3 is 2.28 bits per heavy atom. The van der Waals surface area contributed by atoms with E-state index in [9.17, 15) is 9.90 Å². The third-order valence-electron chi connectivity index (χ3n) is 5.19. The van der Waals surface area contributed by atoms with E-state index in [1.807, 2.05) is 66.8 Å². The zero-order valence-corrected chi connectivity index (χ0v) is 19.3. The Balaban J connectivity index is 2.07. The molecule has 6 heteroatoms. The Hall–Kier alpha value is -2.35. The number of halogens is 1. The first-order valence-corrected chi connectivity index (χ1v) is 10.8. The average Bonchev–Trinajstić information content (AvgIpc) is 2.97. The minimum absolute atomic E-state index is 0.0381. The van der Waals surface area contributed by atoms with E-state index >= 15 is 0 Å². The molecule has 2 aromatic carbocycles. The lowest BCUT2D eigenvalue weighted by Crippen LogP contribution is -2.30. The van der Waals surface area contributed by atoms with Gasteiger partial charge in [0.15, 0.2) is 0 Å². The number of carbonyl (C=O) groups is 1. The first-order chi connectivity index (χ1) is 13.9. The smallest absolute Gasteiger partial charge is 0.253 e. The molecule has 0 aliphatic carbocycles. The van der Waals surface area contributed by atoms with E-state index in [0.29, 0.717) is 18.7 Å². The van der Waals surface area contributed by atoms with Crippen LogP contribution in [-0.4, -0.2) is 38.8 Å². The van der Waals surface area contributed by atoms with E-state index in [0.717, 1.165) is 26.1 Å². The predicted octanol–water partition coefficient (Wildman–Crippen LogP) is 4.93. The van der Waals surface area contributed by atoms with Crippen molar-refractivity contribution in [2.75, 3.05) is 13.1 Å². The standard InChI is InChI=1S/C23H26IN3O2/c1-5-26(6-2)23(29)18-12-10-17(11-13-18)22(19-8-7-9-20(28)14-19)27-16(4)21(24)15(3)25-27/h7-14,22,28H,5-6H2,1-4H3. The lowest BCUT2D eigenvalue weighted by molar-refractivity contribution is 0.0773. The molecule has 1 heterocycles. The van der Waals surface area contributed by atoms with E-state index in [2.05, 4.69) is 29.5 Å². The zero-order valence-electron chi connectivity index (χ0n) is 17.2. The van der Waals surface area contributed by atoms with Gasteiger partial charge in [-0.15, -0.1) is 0 Å². The van der Waals surface area contributed by atoms with Crippen molar-refractivity contribution in [1.82, 2.24) is 14.7 Å². The maximum atomic E-state index is 12.6.